The first-order chi connectivity index (χ1) is 12.4. The summed E-state index contributed by atoms with van der Waals surface area (Å²) in [6.07, 6.45) is 4.97. The summed E-state index contributed by atoms with van der Waals surface area (Å²) in [5.41, 5.74) is 9.90. The van der Waals surface area contributed by atoms with Crippen molar-refractivity contribution in [2.24, 2.45) is 5.73 Å². The first-order valence-corrected chi connectivity index (χ1v) is 7.41. The van der Waals surface area contributed by atoms with E-state index >= 15 is 0 Å². The molecule has 0 atom stereocenters. The van der Waals surface area contributed by atoms with Crippen LogP contribution in [-0.2, 0) is 6.50 Å². The molecule has 24 heavy (non-hydrogen) atoms. The Morgan fingerprint density at radius 1 is 1.00 bits per heavy atom. The lowest BCUT2D eigenvalue weighted by Crippen LogP contribution is -1.98. The van der Waals surface area contributed by atoms with Crippen LogP contribution in [0.5, 0.6) is 0 Å². The van der Waals surface area contributed by atoms with Gasteiger partial charge in [0.15, 0.2) is 0 Å². The highest BCUT2D eigenvalue weighted by atomic mass is 19.1. The van der Waals surface area contributed by atoms with Gasteiger partial charge in [0.2, 0.25) is 0 Å². The van der Waals surface area contributed by atoms with Gasteiger partial charge in [-0.2, -0.15) is 5.10 Å². The van der Waals surface area contributed by atoms with E-state index in [1.54, 1.807) is 47.4 Å². The second kappa shape index (κ2) is 5.86. The van der Waals surface area contributed by atoms with Crippen LogP contribution < -0.4 is 5.73 Å². The summed E-state index contributed by atoms with van der Waals surface area (Å²) in [7, 11) is 0. The van der Waals surface area contributed by atoms with E-state index in [0.29, 0.717) is 11.3 Å². The molecule has 0 radical (unpaired) electrons. The van der Waals surface area contributed by atoms with E-state index in [1.807, 2.05) is 12.1 Å². The summed E-state index contributed by atoms with van der Waals surface area (Å²) >= 11 is 0. The van der Waals surface area contributed by atoms with E-state index in [-0.39, 0.29) is 5.82 Å². The molecule has 0 aliphatic heterocycles. The number of pyridine rings is 2. The van der Waals surface area contributed by atoms with Crippen molar-refractivity contribution in [3.8, 4) is 22.4 Å². The molecule has 3 aromatic heterocycles. The molecular weight excluding hydrogens is 303 g/mol. The zero-order valence-corrected chi connectivity index (χ0v) is 12.6. The van der Waals surface area contributed by atoms with Crippen LogP contribution in [0.1, 0.15) is 8.30 Å². The molecule has 5 heteroatoms. The van der Waals surface area contributed by atoms with Gasteiger partial charge in [-0.05, 0) is 53.6 Å². The molecule has 1 aromatic carbocycles. The molecule has 0 unspecified atom stereocenters. The molecule has 4 nitrogen and oxygen atoms in total. The number of aromatic nitrogens is 3. The molecule has 4 rings (SSSR count). The third-order valence-electron chi connectivity index (χ3n) is 3.88. The van der Waals surface area contributed by atoms with E-state index in [4.69, 9.17) is 8.48 Å². The predicted molar refractivity (Wildman–Crippen MR) is 91.7 cm³/mol. The zero-order chi connectivity index (χ0) is 18.3. The second-order valence-corrected chi connectivity index (χ2v) is 5.36. The van der Waals surface area contributed by atoms with Crippen molar-refractivity contribution in [3.05, 3.63) is 78.5 Å². The number of hydrogen-bond acceptors (Lipinski definition) is 3. The van der Waals surface area contributed by atoms with Crippen LogP contribution in [0.4, 0.5) is 4.39 Å². The first-order valence-electron chi connectivity index (χ1n) is 8.41. The van der Waals surface area contributed by atoms with Crippen molar-refractivity contribution < 1.29 is 7.13 Å². The SMILES string of the molecule is [2H]C([2H])(N)c1ccc2c(-c3ccncc3)c(-c3ccc(F)cc3)nn2c1. The standard InChI is InChI=1S/C19H15FN4/c20-16-4-2-15(3-5-16)19-18(14-7-9-22-10-8-14)17-6-1-13(11-21)12-24(17)23-19/h1-10,12H,11,21H2/i11D2. The van der Waals surface area contributed by atoms with Gasteiger partial charge in [0.05, 0.1) is 5.52 Å². The van der Waals surface area contributed by atoms with Crippen LogP contribution in [0.3, 0.4) is 0 Å². The second-order valence-electron chi connectivity index (χ2n) is 5.36. The number of benzene rings is 1. The summed E-state index contributed by atoms with van der Waals surface area (Å²) in [4.78, 5) is 4.05. The lowest BCUT2D eigenvalue weighted by molar-refractivity contribution is 0.628. The van der Waals surface area contributed by atoms with E-state index in [1.165, 1.54) is 12.1 Å². The zero-order valence-electron chi connectivity index (χ0n) is 14.6. The Labute approximate surface area is 141 Å². The highest BCUT2D eigenvalue weighted by Crippen LogP contribution is 2.35. The number of nitrogens with zero attached hydrogens (tertiary/aromatic N) is 3. The normalized spacial score (nSPS) is 12.9. The van der Waals surface area contributed by atoms with Crippen LogP contribution >= 0.6 is 0 Å². The smallest absolute Gasteiger partial charge is 0.123 e. The van der Waals surface area contributed by atoms with Gasteiger partial charge < -0.3 is 5.73 Å². The van der Waals surface area contributed by atoms with E-state index in [9.17, 15) is 4.39 Å². The number of rotatable bonds is 3. The Morgan fingerprint density at radius 3 is 2.46 bits per heavy atom. The molecular formula is C19H15FN4. The lowest BCUT2D eigenvalue weighted by Gasteiger charge is -2.04. The van der Waals surface area contributed by atoms with Crippen molar-refractivity contribution >= 4 is 5.52 Å². The molecule has 0 bridgehead atoms. The average Bonchev–Trinajstić information content (AvgIpc) is 3.01. The maximum atomic E-state index is 13.3. The molecule has 0 fully saturated rings. The van der Waals surface area contributed by atoms with E-state index in [2.05, 4.69) is 10.1 Å². The van der Waals surface area contributed by atoms with Gasteiger partial charge in [-0.15, -0.1) is 0 Å². The molecule has 0 aliphatic rings. The third-order valence-corrected chi connectivity index (χ3v) is 3.88. The van der Waals surface area contributed by atoms with Gasteiger partial charge in [0.1, 0.15) is 11.5 Å². The number of hydrogen-bond donors (Lipinski definition) is 1. The molecule has 4 aromatic rings. The largest absolute Gasteiger partial charge is 0.326 e. The Hall–Kier alpha value is -3.05. The van der Waals surface area contributed by atoms with Gasteiger partial charge in [-0.1, -0.05) is 6.07 Å². The topological polar surface area (TPSA) is 56.2 Å². The number of halogens is 1. The van der Waals surface area contributed by atoms with Gasteiger partial charge >= 0.3 is 0 Å². The van der Waals surface area contributed by atoms with Crippen LogP contribution in [0.2, 0.25) is 0 Å². The van der Waals surface area contributed by atoms with Gasteiger partial charge in [0.25, 0.3) is 0 Å². The summed E-state index contributed by atoms with van der Waals surface area (Å²) < 4.78 is 30.4. The fraction of sp³-hybridized carbons (Fsp3) is 0.0526. The van der Waals surface area contributed by atoms with Gasteiger partial charge in [0, 0.05) is 39.0 Å². The third kappa shape index (κ3) is 2.45. The Morgan fingerprint density at radius 2 is 1.75 bits per heavy atom. The fourth-order valence-corrected chi connectivity index (χ4v) is 2.75. The molecule has 0 saturated carbocycles. The maximum absolute atomic E-state index is 13.3. The average molecular weight is 320 g/mol. The van der Waals surface area contributed by atoms with Crippen LogP contribution in [0.25, 0.3) is 27.9 Å². The fourth-order valence-electron chi connectivity index (χ4n) is 2.75. The Bertz CT molecular complexity index is 1070. The van der Waals surface area contributed by atoms with Crippen LogP contribution in [0, 0.1) is 5.82 Å². The molecule has 0 spiro atoms. The van der Waals surface area contributed by atoms with Crippen LogP contribution in [0.15, 0.2) is 67.1 Å². The molecule has 0 saturated heterocycles. The molecule has 2 N–H and O–H groups in total. The van der Waals surface area contributed by atoms with Crippen molar-refractivity contribution in [1.82, 2.24) is 14.6 Å². The first kappa shape index (κ1) is 12.4. The summed E-state index contributed by atoms with van der Waals surface area (Å²) in [5.74, 6) is -0.318. The summed E-state index contributed by atoms with van der Waals surface area (Å²) in [6.45, 7) is -1.97. The lowest BCUT2D eigenvalue weighted by atomic mass is 10.0. The minimum atomic E-state index is -1.97. The quantitative estimate of drug-likeness (QED) is 0.627. The minimum absolute atomic E-state index is 0.318. The number of nitrogens with two attached hydrogens (primary N) is 1. The highest BCUT2D eigenvalue weighted by molar-refractivity contribution is 5.92. The molecule has 118 valence electrons. The van der Waals surface area contributed by atoms with Crippen LogP contribution in [-0.4, -0.2) is 14.6 Å². The van der Waals surface area contributed by atoms with Crippen molar-refractivity contribution in [2.45, 2.75) is 6.50 Å². The summed E-state index contributed by atoms with van der Waals surface area (Å²) in [6, 6.07) is 13.3. The van der Waals surface area contributed by atoms with Gasteiger partial charge in [-0.3, -0.25) is 4.98 Å². The monoisotopic (exact) mass is 320 g/mol. The van der Waals surface area contributed by atoms with Gasteiger partial charge in [-0.25, -0.2) is 8.91 Å². The van der Waals surface area contributed by atoms with E-state index < -0.39 is 6.50 Å². The van der Waals surface area contributed by atoms with Crippen molar-refractivity contribution in [1.29, 1.82) is 0 Å². The summed E-state index contributed by atoms with van der Waals surface area (Å²) in [5, 5.41) is 4.61. The predicted octanol–water partition coefficient (Wildman–Crippen LogP) is 3.66. The maximum Gasteiger partial charge on any atom is 0.123 e. The van der Waals surface area contributed by atoms with Crippen molar-refractivity contribution in [2.75, 3.05) is 0 Å². The Kier molecular flexibility index (Phi) is 3.03. The highest BCUT2D eigenvalue weighted by Gasteiger charge is 2.16. The molecule has 0 aliphatic carbocycles. The minimum Gasteiger partial charge on any atom is -0.326 e. The molecule has 0 amide bonds. The number of fused-ring (bicyclic) bond motifs is 1. The van der Waals surface area contributed by atoms with E-state index in [0.717, 1.165) is 22.2 Å². The Balaban J connectivity index is 2.01. The van der Waals surface area contributed by atoms with Crippen molar-refractivity contribution in [3.63, 3.8) is 0 Å². The molecule has 3 heterocycles.